The Kier molecular flexibility index (Phi) is 6.17. The Bertz CT molecular complexity index is 78.0. The number of aliphatic hydroxyl groups excluding tert-OH is 1. The zero-order valence-electron chi connectivity index (χ0n) is 6.75. The van der Waals surface area contributed by atoms with E-state index >= 15 is 0 Å². The SMILES string of the molecule is CC(O)CCN(C)CCS. The molecule has 0 aromatic rings. The van der Waals surface area contributed by atoms with Crippen LogP contribution >= 0.6 is 12.6 Å². The molecular weight excluding hydrogens is 146 g/mol. The van der Waals surface area contributed by atoms with Crippen molar-refractivity contribution in [3.8, 4) is 0 Å². The fourth-order valence-corrected chi connectivity index (χ4v) is 1.03. The molecule has 0 bridgehead atoms. The molecule has 1 unspecified atom stereocenters. The molecule has 0 aliphatic heterocycles. The van der Waals surface area contributed by atoms with Crippen molar-refractivity contribution in [1.29, 1.82) is 0 Å². The van der Waals surface area contributed by atoms with Crippen LogP contribution in [0, 0.1) is 0 Å². The molecule has 0 saturated heterocycles. The third-order valence-electron chi connectivity index (χ3n) is 1.41. The standard InChI is InChI=1S/C7H17NOS/c1-7(9)3-4-8(2)5-6-10/h7,9-10H,3-6H2,1-2H3. The van der Waals surface area contributed by atoms with Crippen LogP contribution in [0.15, 0.2) is 0 Å². The first-order chi connectivity index (χ1) is 4.66. The van der Waals surface area contributed by atoms with Gasteiger partial charge in [-0.25, -0.2) is 0 Å². The van der Waals surface area contributed by atoms with Crippen molar-refractivity contribution in [2.75, 3.05) is 25.9 Å². The molecule has 0 radical (unpaired) electrons. The first kappa shape index (κ1) is 10.3. The largest absolute Gasteiger partial charge is 0.393 e. The van der Waals surface area contributed by atoms with Crippen molar-refractivity contribution >= 4 is 12.6 Å². The van der Waals surface area contributed by atoms with Crippen LogP contribution in [0.4, 0.5) is 0 Å². The van der Waals surface area contributed by atoms with Crippen LogP contribution < -0.4 is 0 Å². The van der Waals surface area contributed by atoms with E-state index in [0.717, 1.165) is 25.3 Å². The predicted octanol–water partition coefficient (Wildman–Crippen LogP) is 0.619. The van der Waals surface area contributed by atoms with E-state index in [9.17, 15) is 0 Å². The Morgan fingerprint density at radius 2 is 2.10 bits per heavy atom. The minimum absolute atomic E-state index is 0.178. The van der Waals surface area contributed by atoms with Gasteiger partial charge in [0.2, 0.25) is 0 Å². The molecule has 1 atom stereocenters. The molecule has 10 heavy (non-hydrogen) atoms. The van der Waals surface area contributed by atoms with Gasteiger partial charge in [0.15, 0.2) is 0 Å². The lowest BCUT2D eigenvalue weighted by atomic mass is 10.3. The smallest absolute Gasteiger partial charge is 0.0524 e. The summed E-state index contributed by atoms with van der Waals surface area (Å²) in [7, 11) is 2.04. The second-order valence-electron chi connectivity index (χ2n) is 2.66. The van der Waals surface area contributed by atoms with Gasteiger partial charge in [0, 0.05) is 18.8 Å². The molecule has 0 heterocycles. The maximum Gasteiger partial charge on any atom is 0.0524 e. The second kappa shape index (κ2) is 6.01. The molecule has 0 aliphatic rings. The van der Waals surface area contributed by atoms with Crippen LogP contribution in [0.2, 0.25) is 0 Å². The Hall–Kier alpha value is 0.270. The van der Waals surface area contributed by atoms with E-state index in [0.29, 0.717) is 0 Å². The van der Waals surface area contributed by atoms with Crippen molar-refractivity contribution in [3.63, 3.8) is 0 Å². The van der Waals surface area contributed by atoms with Gasteiger partial charge in [0.1, 0.15) is 0 Å². The van der Waals surface area contributed by atoms with Crippen LogP contribution in [0.25, 0.3) is 0 Å². The molecule has 2 nitrogen and oxygen atoms in total. The van der Waals surface area contributed by atoms with E-state index in [1.165, 1.54) is 0 Å². The maximum absolute atomic E-state index is 8.92. The minimum Gasteiger partial charge on any atom is -0.393 e. The van der Waals surface area contributed by atoms with Gasteiger partial charge in [-0.15, -0.1) is 0 Å². The number of nitrogens with zero attached hydrogens (tertiary/aromatic N) is 1. The van der Waals surface area contributed by atoms with Crippen LogP contribution in [0.3, 0.4) is 0 Å². The third-order valence-corrected chi connectivity index (χ3v) is 1.61. The first-order valence-corrected chi connectivity index (χ1v) is 4.27. The van der Waals surface area contributed by atoms with Gasteiger partial charge in [0.05, 0.1) is 6.10 Å². The highest BCUT2D eigenvalue weighted by Gasteiger charge is 1.98. The average molecular weight is 163 g/mol. The van der Waals surface area contributed by atoms with Crippen molar-refractivity contribution in [2.45, 2.75) is 19.4 Å². The average Bonchev–Trinajstić information content (AvgIpc) is 1.85. The van der Waals surface area contributed by atoms with Crippen molar-refractivity contribution in [2.24, 2.45) is 0 Å². The Morgan fingerprint density at radius 1 is 1.50 bits per heavy atom. The fraction of sp³-hybridized carbons (Fsp3) is 1.00. The summed E-state index contributed by atoms with van der Waals surface area (Å²) < 4.78 is 0. The molecule has 1 N–H and O–H groups in total. The Balaban J connectivity index is 3.12. The molecule has 0 saturated carbocycles. The van der Waals surface area contributed by atoms with E-state index < -0.39 is 0 Å². The van der Waals surface area contributed by atoms with Gasteiger partial charge >= 0.3 is 0 Å². The second-order valence-corrected chi connectivity index (χ2v) is 3.11. The Morgan fingerprint density at radius 3 is 2.50 bits per heavy atom. The zero-order valence-corrected chi connectivity index (χ0v) is 7.64. The third kappa shape index (κ3) is 6.39. The van der Waals surface area contributed by atoms with E-state index in [4.69, 9.17) is 5.11 Å². The summed E-state index contributed by atoms with van der Waals surface area (Å²) in [6, 6.07) is 0. The highest BCUT2D eigenvalue weighted by molar-refractivity contribution is 7.80. The van der Waals surface area contributed by atoms with Gasteiger partial charge < -0.3 is 10.0 Å². The highest BCUT2D eigenvalue weighted by Crippen LogP contribution is 1.92. The summed E-state index contributed by atoms with van der Waals surface area (Å²) in [4.78, 5) is 2.17. The Labute approximate surface area is 68.6 Å². The molecular formula is C7H17NOS. The molecule has 0 fully saturated rings. The molecule has 0 aromatic heterocycles. The molecule has 0 spiro atoms. The summed E-state index contributed by atoms with van der Waals surface area (Å²) in [5.41, 5.74) is 0. The summed E-state index contributed by atoms with van der Waals surface area (Å²) in [6.45, 7) is 3.77. The van der Waals surface area contributed by atoms with Gasteiger partial charge in [-0.3, -0.25) is 0 Å². The summed E-state index contributed by atoms with van der Waals surface area (Å²) in [5, 5.41) is 8.92. The van der Waals surface area contributed by atoms with E-state index in [2.05, 4.69) is 17.5 Å². The summed E-state index contributed by atoms with van der Waals surface area (Å²) in [5.74, 6) is 0.885. The van der Waals surface area contributed by atoms with Crippen LogP contribution in [-0.4, -0.2) is 42.0 Å². The highest BCUT2D eigenvalue weighted by atomic mass is 32.1. The van der Waals surface area contributed by atoms with Gasteiger partial charge in [-0.05, 0) is 20.4 Å². The van der Waals surface area contributed by atoms with Crippen molar-refractivity contribution in [1.82, 2.24) is 4.90 Å². The number of rotatable bonds is 5. The number of hydrogen-bond acceptors (Lipinski definition) is 3. The van der Waals surface area contributed by atoms with Crippen LogP contribution in [-0.2, 0) is 0 Å². The van der Waals surface area contributed by atoms with Gasteiger partial charge in [0.25, 0.3) is 0 Å². The lowest BCUT2D eigenvalue weighted by Gasteiger charge is -2.15. The normalized spacial score (nSPS) is 14.1. The predicted molar refractivity (Wildman–Crippen MR) is 47.6 cm³/mol. The summed E-state index contributed by atoms with van der Waals surface area (Å²) >= 11 is 4.10. The van der Waals surface area contributed by atoms with Crippen molar-refractivity contribution < 1.29 is 5.11 Å². The monoisotopic (exact) mass is 163 g/mol. The molecule has 0 aliphatic carbocycles. The van der Waals surface area contributed by atoms with Crippen LogP contribution in [0.5, 0.6) is 0 Å². The molecule has 0 amide bonds. The van der Waals surface area contributed by atoms with Gasteiger partial charge in [-0.2, -0.15) is 12.6 Å². The summed E-state index contributed by atoms with van der Waals surface area (Å²) in [6.07, 6.45) is 0.673. The van der Waals surface area contributed by atoms with Crippen molar-refractivity contribution in [3.05, 3.63) is 0 Å². The lowest BCUT2D eigenvalue weighted by Crippen LogP contribution is -2.24. The number of hydrogen-bond donors (Lipinski definition) is 2. The number of aliphatic hydroxyl groups is 1. The van der Waals surface area contributed by atoms with E-state index in [1.54, 1.807) is 0 Å². The van der Waals surface area contributed by atoms with E-state index in [1.807, 2.05) is 14.0 Å². The lowest BCUT2D eigenvalue weighted by molar-refractivity contribution is 0.166. The quantitative estimate of drug-likeness (QED) is 0.580. The van der Waals surface area contributed by atoms with E-state index in [-0.39, 0.29) is 6.10 Å². The topological polar surface area (TPSA) is 23.5 Å². The molecule has 62 valence electrons. The molecule has 0 rings (SSSR count). The maximum atomic E-state index is 8.92. The molecule has 3 heteroatoms. The zero-order chi connectivity index (χ0) is 7.98. The van der Waals surface area contributed by atoms with Gasteiger partial charge in [-0.1, -0.05) is 0 Å². The fourth-order valence-electron chi connectivity index (χ4n) is 0.690. The first-order valence-electron chi connectivity index (χ1n) is 3.64. The minimum atomic E-state index is -0.178. The number of thiol groups is 1. The molecule has 0 aromatic carbocycles. The van der Waals surface area contributed by atoms with Crippen LogP contribution in [0.1, 0.15) is 13.3 Å².